The second kappa shape index (κ2) is 14.6. The normalized spacial score (nSPS) is 20.8. The first-order chi connectivity index (χ1) is 22.1. The number of carbonyl (C=O) groups is 2. The van der Waals surface area contributed by atoms with Crippen LogP contribution in [0.1, 0.15) is 93.0 Å². The topological polar surface area (TPSA) is 94.1 Å². The maximum atomic E-state index is 15.8. The summed E-state index contributed by atoms with van der Waals surface area (Å²) in [5.74, 6) is -1.97. The zero-order valence-corrected chi connectivity index (χ0v) is 27.5. The van der Waals surface area contributed by atoms with E-state index in [4.69, 9.17) is 14.2 Å². The molecule has 246 valence electrons. The number of aryl methyl sites for hydroxylation is 3. The lowest BCUT2D eigenvalue weighted by molar-refractivity contribution is -0.143. The molecule has 4 atom stereocenters. The number of anilines is 1. The van der Waals surface area contributed by atoms with E-state index < -0.39 is 29.5 Å². The van der Waals surface area contributed by atoms with E-state index in [1.807, 2.05) is 24.3 Å². The SMILES string of the molecule is CCc1cc(C)cc(CC)c1NC(=O)CC1CC[C@@H](c2ccc(OCC(C)C)cc2)[C@H](C(=O)O)[C@@H](c2cc3c(cc2F)OCO3)C1. The molecule has 0 bridgehead atoms. The van der Waals surface area contributed by atoms with Crippen molar-refractivity contribution in [3.63, 3.8) is 0 Å². The van der Waals surface area contributed by atoms with Gasteiger partial charge in [0.25, 0.3) is 0 Å². The van der Waals surface area contributed by atoms with Gasteiger partial charge in [0, 0.05) is 24.1 Å². The van der Waals surface area contributed by atoms with Crippen molar-refractivity contribution in [3.8, 4) is 17.2 Å². The van der Waals surface area contributed by atoms with E-state index in [1.165, 1.54) is 6.07 Å². The van der Waals surface area contributed by atoms with E-state index in [9.17, 15) is 14.7 Å². The van der Waals surface area contributed by atoms with E-state index in [2.05, 4.69) is 52.1 Å². The van der Waals surface area contributed by atoms with Crippen LogP contribution in [0.3, 0.4) is 0 Å². The van der Waals surface area contributed by atoms with Crippen LogP contribution in [0, 0.1) is 30.5 Å². The fourth-order valence-electron chi connectivity index (χ4n) is 7.13. The number of benzene rings is 3. The standard InChI is InChI=1S/C38H46FNO6/c1-6-25-14-23(5)15-26(7-2)37(25)40-35(41)17-24-8-13-29(27-9-11-28(12-10-27)44-20-22(3)4)36(38(42)43)31(16-24)30-18-33-34(19-32(30)39)46-21-45-33/h9-12,14-15,18-19,22,24,29,31,36H,6-8,13,16-17,20-21H2,1-5H3,(H,40,41)(H,42,43)/t24?,29-,31+,36-/m0/s1. The molecule has 1 aliphatic heterocycles. The summed E-state index contributed by atoms with van der Waals surface area (Å²) < 4.78 is 32.6. The highest BCUT2D eigenvalue weighted by Crippen LogP contribution is 2.50. The molecule has 5 rings (SSSR count). The molecule has 1 saturated carbocycles. The molecule has 2 aliphatic rings. The summed E-state index contributed by atoms with van der Waals surface area (Å²) >= 11 is 0. The fourth-order valence-corrected chi connectivity index (χ4v) is 7.13. The highest BCUT2D eigenvalue weighted by Gasteiger charge is 2.43. The van der Waals surface area contributed by atoms with Crippen molar-refractivity contribution in [2.75, 3.05) is 18.7 Å². The number of rotatable bonds is 11. The van der Waals surface area contributed by atoms with Crippen LogP contribution in [0.2, 0.25) is 0 Å². The first-order valence-corrected chi connectivity index (χ1v) is 16.5. The Balaban J connectivity index is 1.47. The molecule has 1 unspecified atom stereocenters. The minimum absolute atomic E-state index is 0.0135. The van der Waals surface area contributed by atoms with Crippen LogP contribution in [-0.2, 0) is 22.4 Å². The number of aliphatic carboxylic acids is 1. The number of amides is 1. The van der Waals surface area contributed by atoms with Crippen LogP contribution in [0.5, 0.6) is 17.2 Å². The lowest BCUT2D eigenvalue weighted by Crippen LogP contribution is -2.28. The number of carbonyl (C=O) groups excluding carboxylic acids is 1. The van der Waals surface area contributed by atoms with Crippen molar-refractivity contribution in [1.29, 1.82) is 0 Å². The van der Waals surface area contributed by atoms with Gasteiger partial charge in [0.2, 0.25) is 12.7 Å². The number of carboxylic acids is 1. The average Bonchev–Trinajstić information content (AvgIpc) is 3.39. The third-order valence-corrected chi connectivity index (χ3v) is 9.35. The van der Waals surface area contributed by atoms with Gasteiger partial charge in [-0.15, -0.1) is 0 Å². The summed E-state index contributed by atoms with van der Waals surface area (Å²) in [6.07, 6.45) is 3.33. The van der Waals surface area contributed by atoms with Crippen molar-refractivity contribution in [2.45, 2.75) is 85.0 Å². The Labute approximate surface area is 271 Å². The number of halogens is 1. The lowest BCUT2D eigenvalue weighted by Gasteiger charge is -2.30. The van der Waals surface area contributed by atoms with Gasteiger partial charge in [-0.1, -0.05) is 57.5 Å². The van der Waals surface area contributed by atoms with Gasteiger partial charge in [0.1, 0.15) is 11.6 Å². The highest BCUT2D eigenvalue weighted by atomic mass is 19.1. The molecule has 0 aromatic heterocycles. The average molecular weight is 632 g/mol. The largest absolute Gasteiger partial charge is 0.493 e. The monoisotopic (exact) mass is 631 g/mol. The molecule has 7 nitrogen and oxygen atoms in total. The van der Waals surface area contributed by atoms with E-state index in [1.54, 1.807) is 6.07 Å². The number of hydrogen-bond donors (Lipinski definition) is 2. The second-order valence-electron chi connectivity index (χ2n) is 13.2. The summed E-state index contributed by atoms with van der Waals surface area (Å²) in [5.41, 5.74) is 5.37. The molecule has 0 spiro atoms. The van der Waals surface area contributed by atoms with Crippen molar-refractivity contribution >= 4 is 17.6 Å². The number of fused-ring (bicyclic) bond motifs is 1. The van der Waals surface area contributed by atoms with Crippen LogP contribution in [0.15, 0.2) is 48.5 Å². The third-order valence-electron chi connectivity index (χ3n) is 9.35. The number of nitrogens with one attached hydrogen (secondary N) is 1. The first-order valence-electron chi connectivity index (χ1n) is 16.5. The molecule has 1 fully saturated rings. The molecule has 3 aromatic rings. The minimum Gasteiger partial charge on any atom is -0.493 e. The maximum Gasteiger partial charge on any atom is 0.307 e. The summed E-state index contributed by atoms with van der Waals surface area (Å²) in [7, 11) is 0. The quantitative estimate of drug-likeness (QED) is 0.206. The summed E-state index contributed by atoms with van der Waals surface area (Å²) in [5, 5.41) is 13.9. The van der Waals surface area contributed by atoms with Gasteiger partial charge >= 0.3 is 5.97 Å². The van der Waals surface area contributed by atoms with Crippen molar-refractivity contribution in [3.05, 3.63) is 82.2 Å². The number of hydrogen-bond acceptors (Lipinski definition) is 5. The molecule has 0 saturated heterocycles. The van der Waals surface area contributed by atoms with Gasteiger partial charge in [-0.3, -0.25) is 9.59 Å². The molecule has 1 aliphatic carbocycles. The Morgan fingerprint density at radius 3 is 2.24 bits per heavy atom. The molecule has 1 amide bonds. The molecule has 3 aromatic carbocycles. The predicted octanol–water partition coefficient (Wildman–Crippen LogP) is 8.42. The van der Waals surface area contributed by atoms with Crippen molar-refractivity contribution in [1.82, 2.24) is 0 Å². The molecule has 8 heteroatoms. The zero-order valence-electron chi connectivity index (χ0n) is 27.5. The Hall–Kier alpha value is -4.07. The molecule has 2 N–H and O–H groups in total. The first kappa shape index (κ1) is 33.3. The number of carboxylic acid groups (broad SMARTS) is 1. The highest BCUT2D eigenvalue weighted by molar-refractivity contribution is 5.92. The Kier molecular flexibility index (Phi) is 10.5. The maximum absolute atomic E-state index is 15.8. The van der Waals surface area contributed by atoms with Gasteiger partial charge in [0.15, 0.2) is 11.5 Å². The van der Waals surface area contributed by atoms with Crippen molar-refractivity contribution < 1.29 is 33.3 Å². The molecule has 0 radical (unpaired) electrons. The molecular formula is C38H46FNO6. The second-order valence-corrected chi connectivity index (χ2v) is 13.2. The van der Waals surface area contributed by atoms with Gasteiger partial charge in [-0.05, 0) is 97.2 Å². The van der Waals surface area contributed by atoms with Crippen molar-refractivity contribution in [2.24, 2.45) is 17.8 Å². The van der Waals surface area contributed by atoms with Gasteiger partial charge in [-0.2, -0.15) is 0 Å². The van der Waals surface area contributed by atoms with Crippen LogP contribution >= 0.6 is 0 Å². The Bertz CT molecular complexity index is 1530. The van der Waals surface area contributed by atoms with Gasteiger partial charge < -0.3 is 24.6 Å². The Morgan fingerprint density at radius 1 is 0.978 bits per heavy atom. The summed E-state index contributed by atoms with van der Waals surface area (Å²) in [4.78, 5) is 26.8. The third kappa shape index (κ3) is 7.48. The Morgan fingerprint density at radius 2 is 1.63 bits per heavy atom. The predicted molar refractivity (Wildman–Crippen MR) is 176 cm³/mol. The van der Waals surface area contributed by atoms with Crippen LogP contribution in [-0.4, -0.2) is 30.4 Å². The van der Waals surface area contributed by atoms with E-state index in [0.29, 0.717) is 43.3 Å². The molecule has 1 heterocycles. The van der Waals surface area contributed by atoms with Gasteiger partial charge in [-0.25, -0.2) is 4.39 Å². The lowest BCUT2D eigenvalue weighted by atomic mass is 9.73. The minimum atomic E-state index is -0.989. The van der Waals surface area contributed by atoms with Gasteiger partial charge in [0.05, 0.1) is 12.5 Å². The molecular weight excluding hydrogens is 585 g/mol. The molecule has 46 heavy (non-hydrogen) atoms. The fraction of sp³-hybridized carbons (Fsp3) is 0.474. The van der Waals surface area contributed by atoms with Crippen LogP contribution in [0.25, 0.3) is 0 Å². The smallest absolute Gasteiger partial charge is 0.307 e. The van der Waals surface area contributed by atoms with Crippen LogP contribution < -0.4 is 19.5 Å². The van der Waals surface area contributed by atoms with E-state index in [0.717, 1.165) is 46.5 Å². The summed E-state index contributed by atoms with van der Waals surface area (Å²) in [6, 6.07) is 14.7. The van der Waals surface area contributed by atoms with E-state index in [-0.39, 0.29) is 30.6 Å². The zero-order chi connectivity index (χ0) is 33.0. The summed E-state index contributed by atoms with van der Waals surface area (Å²) in [6.45, 7) is 10.9. The van der Waals surface area contributed by atoms with E-state index >= 15 is 4.39 Å². The number of ether oxygens (including phenoxy) is 3. The van der Waals surface area contributed by atoms with Crippen LogP contribution in [0.4, 0.5) is 10.1 Å².